The van der Waals surface area contributed by atoms with Gasteiger partial charge in [0, 0.05) is 54.6 Å². The molecule has 1 N–H and O–H groups in total. The number of carbonyl (C=O) groups excluding carboxylic acids is 1. The number of piperidine rings is 1. The number of rotatable bonds is 6. The average Bonchev–Trinajstić information content (AvgIpc) is 3.70. The van der Waals surface area contributed by atoms with E-state index in [0.717, 1.165) is 10.2 Å². The Labute approximate surface area is 291 Å². The van der Waals surface area contributed by atoms with Crippen LogP contribution in [-0.4, -0.2) is 72.7 Å². The second kappa shape index (κ2) is 12.7. The SMILES string of the molecule is CC(C)(C)OC(=O)N1C[C@H](Nc2ncc(C(F)(F)F)c(-c3cn(S(=O)(=O)c4ccccc4)c4ccccc34)n2)C[C@@H](c2nnc3ccccn23)C1. The van der Waals surface area contributed by atoms with Crippen LogP contribution in [0.25, 0.3) is 27.8 Å². The largest absolute Gasteiger partial charge is 0.444 e. The van der Waals surface area contributed by atoms with Gasteiger partial charge in [0.2, 0.25) is 5.95 Å². The third-order valence-electron chi connectivity index (χ3n) is 8.47. The molecule has 5 heterocycles. The third-order valence-corrected chi connectivity index (χ3v) is 10.2. The first kappa shape index (κ1) is 34.0. The van der Waals surface area contributed by atoms with Gasteiger partial charge in [-0.3, -0.25) is 4.40 Å². The molecule has 1 saturated heterocycles. The van der Waals surface area contributed by atoms with E-state index in [9.17, 15) is 26.4 Å². The standard InChI is InChI=1S/C35H33F3N8O4S/c1-34(2,3)50-33(47)44-19-22(31-43-42-29-15-9-10-16-45(29)31)17-23(20-44)40-32-39-18-27(35(36,37)38)30(41-32)26-21-46(28-14-8-7-13-25(26)28)51(48,49)24-11-5-4-6-12-24/h4-16,18,21-23H,17,19-20H2,1-3H3,(H,39,40,41)/t22-,23-/m1/s1. The van der Waals surface area contributed by atoms with Crippen LogP contribution >= 0.6 is 0 Å². The van der Waals surface area contributed by atoms with E-state index >= 15 is 0 Å². The molecule has 7 rings (SSSR count). The minimum Gasteiger partial charge on any atom is -0.444 e. The van der Waals surface area contributed by atoms with Crippen LogP contribution in [0.5, 0.6) is 0 Å². The van der Waals surface area contributed by atoms with Gasteiger partial charge in [0.25, 0.3) is 10.0 Å². The van der Waals surface area contributed by atoms with Gasteiger partial charge in [0.15, 0.2) is 5.65 Å². The number of fused-ring (bicyclic) bond motifs is 2. The number of halogens is 3. The molecule has 0 spiro atoms. The molecule has 0 unspecified atom stereocenters. The van der Waals surface area contributed by atoms with Crippen LogP contribution in [0.2, 0.25) is 0 Å². The van der Waals surface area contributed by atoms with E-state index in [1.54, 1.807) is 63.2 Å². The molecule has 6 aromatic rings. The third kappa shape index (κ3) is 6.70. The summed E-state index contributed by atoms with van der Waals surface area (Å²) in [7, 11) is -4.19. The van der Waals surface area contributed by atoms with Gasteiger partial charge < -0.3 is 15.0 Å². The predicted molar refractivity (Wildman–Crippen MR) is 183 cm³/mol. The van der Waals surface area contributed by atoms with E-state index in [2.05, 4.69) is 25.5 Å². The van der Waals surface area contributed by atoms with Crippen LogP contribution in [0.1, 0.15) is 44.5 Å². The zero-order valence-corrected chi connectivity index (χ0v) is 28.6. The molecule has 2 atom stereocenters. The second-order valence-corrected chi connectivity index (χ2v) is 15.1. The van der Waals surface area contributed by atoms with Crippen molar-refractivity contribution in [3.05, 3.63) is 103 Å². The molecule has 1 aliphatic rings. The van der Waals surface area contributed by atoms with E-state index < -0.39 is 45.2 Å². The lowest BCUT2D eigenvalue weighted by Gasteiger charge is -2.38. The number of anilines is 1. The van der Waals surface area contributed by atoms with Crippen molar-refractivity contribution >= 4 is 38.6 Å². The fraction of sp³-hybridized carbons (Fsp3) is 0.286. The summed E-state index contributed by atoms with van der Waals surface area (Å²) in [5.74, 6) is 0.130. The maximum Gasteiger partial charge on any atom is 0.419 e. The smallest absolute Gasteiger partial charge is 0.419 e. The Kier molecular flexibility index (Phi) is 8.44. The number of nitrogens with one attached hydrogen (secondary N) is 1. The molecule has 4 aromatic heterocycles. The zero-order valence-electron chi connectivity index (χ0n) is 27.7. The number of carbonyl (C=O) groups is 1. The first-order valence-electron chi connectivity index (χ1n) is 16.1. The topological polar surface area (TPSA) is 137 Å². The number of hydrogen-bond acceptors (Lipinski definition) is 9. The molecule has 0 bridgehead atoms. The van der Waals surface area contributed by atoms with Crippen molar-refractivity contribution in [2.75, 3.05) is 18.4 Å². The average molecular weight is 719 g/mol. The maximum atomic E-state index is 14.5. The van der Waals surface area contributed by atoms with Gasteiger partial charge >= 0.3 is 12.3 Å². The lowest BCUT2D eigenvalue weighted by atomic mass is 9.93. The highest BCUT2D eigenvalue weighted by Gasteiger charge is 2.39. The number of benzene rings is 2. The van der Waals surface area contributed by atoms with Crippen molar-refractivity contribution in [3.63, 3.8) is 0 Å². The molecule has 16 heteroatoms. The van der Waals surface area contributed by atoms with Crippen molar-refractivity contribution in [2.45, 2.75) is 55.8 Å². The van der Waals surface area contributed by atoms with E-state index in [-0.39, 0.29) is 46.3 Å². The van der Waals surface area contributed by atoms with Gasteiger partial charge in [-0.2, -0.15) is 13.2 Å². The van der Waals surface area contributed by atoms with Gasteiger partial charge in [0.1, 0.15) is 17.0 Å². The summed E-state index contributed by atoms with van der Waals surface area (Å²) in [6, 6.07) is 18.8. The lowest BCUT2D eigenvalue weighted by Crippen LogP contribution is -2.50. The number of ether oxygens (including phenoxy) is 1. The zero-order chi connectivity index (χ0) is 36.1. The molecule has 12 nitrogen and oxygen atoms in total. The number of likely N-dealkylation sites (tertiary alicyclic amines) is 1. The Morgan fingerprint density at radius 1 is 0.941 bits per heavy atom. The van der Waals surface area contributed by atoms with Crippen molar-refractivity contribution in [1.82, 2.24) is 33.4 Å². The summed E-state index contributed by atoms with van der Waals surface area (Å²) in [6.07, 6.45) is -1.36. The molecule has 0 aliphatic carbocycles. The highest BCUT2D eigenvalue weighted by atomic mass is 32.2. The summed E-state index contributed by atoms with van der Waals surface area (Å²) in [5.41, 5.74) is -1.66. The lowest BCUT2D eigenvalue weighted by molar-refractivity contribution is -0.137. The fourth-order valence-corrected chi connectivity index (χ4v) is 7.69. The molecule has 1 amide bonds. The van der Waals surface area contributed by atoms with Gasteiger partial charge in [0.05, 0.1) is 16.1 Å². The quantitative estimate of drug-likeness (QED) is 0.202. The highest BCUT2D eigenvalue weighted by Crippen LogP contribution is 2.40. The van der Waals surface area contributed by atoms with Gasteiger partial charge in [-0.15, -0.1) is 10.2 Å². The molecular formula is C35H33F3N8O4S. The van der Waals surface area contributed by atoms with E-state index in [1.807, 2.05) is 22.7 Å². The van der Waals surface area contributed by atoms with Crippen LogP contribution in [-0.2, 0) is 20.9 Å². The van der Waals surface area contributed by atoms with Crippen LogP contribution in [0, 0.1) is 0 Å². The van der Waals surface area contributed by atoms with Crippen LogP contribution in [0.4, 0.5) is 23.9 Å². The highest BCUT2D eigenvalue weighted by molar-refractivity contribution is 7.90. The number of pyridine rings is 1. The summed E-state index contributed by atoms with van der Waals surface area (Å²) < 4.78 is 79.5. The Hall–Kier alpha value is -5.51. The number of para-hydroxylation sites is 1. The first-order chi connectivity index (χ1) is 24.2. The van der Waals surface area contributed by atoms with Gasteiger partial charge in [-0.25, -0.2) is 27.2 Å². The van der Waals surface area contributed by atoms with Gasteiger partial charge in [-0.05, 0) is 57.5 Å². The summed E-state index contributed by atoms with van der Waals surface area (Å²) >= 11 is 0. The van der Waals surface area contributed by atoms with Crippen molar-refractivity contribution in [3.8, 4) is 11.3 Å². The molecule has 1 aliphatic heterocycles. The molecule has 1 fully saturated rings. The van der Waals surface area contributed by atoms with E-state index in [0.29, 0.717) is 24.1 Å². The van der Waals surface area contributed by atoms with Crippen LogP contribution < -0.4 is 5.32 Å². The van der Waals surface area contributed by atoms with Gasteiger partial charge in [-0.1, -0.05) is 42.5 Å². The van der Waals surface area contributed by atoms with E-state index in [4.69, 9.17) is 4.74 Å². The molecule has 0 radical (unpaired) electrons. The predicted octanol–water partition coefficient (Wildman–Crippen LogP) is 6.60. The Morgan fingerprint density at radius 3 is 2.41 bits per heavy atom. The first-order valence-corrected chi connectivity index (χ1v) is 17.5. The second-order valence-electron chi connectivity index (χ2n) is 13.3. The van der Waals surface area contributed by atoms with Crippen molar-refractivity contribution in [1.29, 1.82) is 0 Å². The summed E-state index contributed by atoms with van der Waals surface area (Å²) in [6.45, 7) is 5.67. The Balaban J connectivity index is 1.29. The molecule has 0 saturated carbocycles. The maximum absolute atomic E-state index is 14.5. The summed E-state index contributed by atoms with van der Waals surface area (Å²) in [4.78, 5) is 23.2. The van der Waals surface area contributed by atoms with Crippen molar-refractivity contribution in [2.24, 2.45) is 0 Å². The number of alkyl halides is 3. The molecule has 51 heavy (non-hydrogen) atoms. The van der Waals surface area contributed by atoms with E-state index in [1.165, 1.54) is 23.1 Å². The minimum atomic E-state index is -4.87. The van der Waals surface area contributed by atoms with Crippen LogP contribution in [0.3, 0.4) is 0 Å². The van der Waals surface area contributed by atoms with Crippen molar-refractivity contribution < 1.29 is 31.1 Å². The number of nitrogens with zero attached hydrogens (tertiary/aromatic N) is 7. The summed E-state index contributed by atoms with van der Waals surface area (Å²) in [5, 5.41) is 12.0. The normalized spacial score (nSPS) is 17.2. The molecule has 264 valence electrons. The Bertz CT molecular complexity index is 2350. The van der Waals surface area contributed by atoms with Crippen LogP contribution in [0.15, 0.2) is 96.3 Å². The monoisotopic (exact) mass is 718 g/mol. The molecular weight excluding hydrogens is 685 g/mol. The number of aromatic nitrogens is 6. The number of amides is 1. The number of hydrogen-bond donors (Lipinski definition) is 1. The minimum absolute atomic E-state index is 0.0276. The Morgan fingerprint density at radius 2 is 1.67 bits per heavy atom. The fourth-order valence-electron chi connectivity index (χ4n) is 6.29. The molecule has 2 aromatic carbocycles.